The van der Waals surface area contributed by atoms with Crippen LogP contribution in [0.15, 0.2) is 43.5 Å². The Morgan fingerprint density at radius 3 is 2.39 bits per heavy atom. The van der Waals surface area contributed by atoms with Crippen LogP contribution in [0.3, 0.4) is 0 Å². The second-order valence-corrected chi connectivity index (χ2v) is 3.44. The van der Waals surface area contributed by atoms with Crippen LogP contribution in [0.5, 0.6) is 0 Å². The van der Waals surface area contributed by atoms with Gasteiger partial charge in [-0.2, -0.15) is 0 Å². The highest BCUT2D eigenvalue weighted by Gasteiger charge is 1.91. The van der Waals surface area contributed by atoms with Crippen molar-refractivity contribution in [1.82, 2.24) is 34.9 Å². The predicted molar refractivity (Wildman–Crippen MR) is 65.6 cm³/mol. The van der Waals surface area contributed by atoms with Crippen molar-refractivity contribution < 1.29 is 0 Å². The Morgan fingerprint density at radius 2 is 1.61 bits per heavy atom. The minimum atomic E-state index is 0.713. The third-order valence-electron chi connectivity index (χ3n) is 2.29. The molecule has 0 fully saturated rings. The maximum Gasteiger partial charge on any atom is 0.180 e. The Hall–Kier alpha value is -2.83. The Kier molecular flexibility index (Phi) is 2.63. The molecule has 0 aliphatic heterocycles. The molecule has 4 heterocycles. The summed E-state index contributed by atoms with van der Waals surface area (Å²) in [7, 11) is 0. The van der Waals surface area contributed by atoms with Crippen molar-refractivity contribution >= 4 is 22.3 Å². The van der Waals surface area contributed by atoms with Crippen LogP contribution in [0.25, 0.3) is 22.3 Å². The fourth-order valence-electron chi connectivity index (χ4n) is 1.47. The number of aromatic nitrogens is 7. The molecule has 0 radical (unpaired) electrons. The number of fused-ring (bicyclic) bond motifs is 2. The standard InChI is InChI=1S/C6H5N3.C5H4N4/c1-2-5-6(7-3-1)9-4-8-5;1-4-5(8-2-6-1)9-3-7-4/h1-4H,(H,7,8,9);1-3H,(H,6,7,8,9). The van der Waals surface area contributed by atoms with Crippen LogP contribution in [-0.4, -0.2) is 34.9 Å². The molecule has 2 N–H and O–H groups in total. The smallest absolute Gasteiger partial charge is 0.180 e. The van der Waals surface area contributed by atoms with Gasteiger partial charge in [0.05, 0.1) is 24.4 Å². The van der Waals surface area contributed by atoms with E-state index in [9.17, 15) is 0 Å². The molecule has 4 aromatic heterocycles. The molecule has 0 aliphatic carbocycles. The van der Waals surface area contributed by atoms with E-state index in [-0.39, 0.29) is 0 Å². The van der Waals surface area contributed by atoms with Gasteiger partial charge in [0, 0.05) is 6.20 Å². The maximum absolute atomic E-state index is 4.00. The van der Waals surface area contributed by atoms with Gasteiger partial charge in [-0.15, -0.1) is 0 Å². The molecular formula is C11H9N7. The third-order valence-corrected chi connectivity index (χ3v) is 2.29. The van der Waals surface area contributed by atoms with Gasteiger partial charge in [0.25, 0.3) is 0 Å². The Bertz CT molecular complexity index is 631. The molecule has 0 aromatic carbocycles. The van der Waals surface area contributed by atoms with Crippen LogP contribution >= 0.6 is 0 Å². The summed E-state index contributed by atoms with van der Waals surface area (Å²) in [5.74, 6) is 0. The van der Waals surface area contributed by atoms with Gasteiger partial charge in [-0.1, -0.05) is 0 Å². The number of nitrogens with zero attached hydrogens (tertiary/aromatic N) is 5. The van der Waals surface area contributed by atoms with Gasteiger partial charge in [0.1, 0.15) is 11.8 Å². The molecule has 4 rings (SSSR count). The first-order valence-corrected chi connectivity index (χ1v) is 5.26. The van der Waals surface area contributed by atoms with Gasteiger partial charge in [-0.05, 0) is 12.1 Å². The average molecular weight is 239 g/mol. The fraction of sp³-hybridized carbons (Fsp3) is 0. The number of imidazole rings is 2. The topological polar surface area (TPSA) is 96.0 Å². The number of hydrogen-bond donors (Lipinski definition) is 2. The summed E-state index contributed by atoms with van der Waals surface area (Å²) in [6, 6.07) is 3.82. The SMILES string of the molecule is c1cnc2nc[nH]c2c1.c1ncc2[nH]cnc2n1. The van der Waals surface area contributed by atoms with E-state index >= 15 is 0 Å². The normalized spacial score (nSPS) is 10.2. The summed E-state index contributed by atoms with van der Waals surface area (Å²) in [5.41, 5.74) is 3.34. The molecule has 0 saturated heterocycles. The van der Waals surface area contributed by atoms with Crippen molar-refractivity contribution in [1.29, 1.82) is 0 Å². The Balaban J connectivity index is 0.000000111. The van der Waals surface area contributed by atoms with Crippen LogP contribution in [0.1, 0.15) is 0 Å². The number of rotatable bonds is 0. The number of nitrogens with one attached hydrogen (secondary N) is 2. The summed E-state index contributed by atoms with van der Waals surface area (Å²) in [4.78, 5) is 25.4. The van der Waals surface area contributed by atoms with E-state index in [1.165, 1.54) is 6.33 Å². The molecule has 7 heteroatoms. The van der Waals surface area contributed by atoms with E-state index in [1.807, 2.05) is 12.1 Å². The summed E-state index contributed by atoms with van der Waals surface area (Å²) >= 11 is 0. The lowest BCUT2D eigenvalue weighted by atomic mass is 10.4. The zero-order chi connectivity index (χ0) is 12.2. The average Bonchev–Trinajstić information content (AvgIpc) is 3.08. The molecule has 18 heavy (non-hydrogen) atoms. The molecule has 0 spiro atoms. The second-order valence-electron chi connectivity index (χ2n) is 3.44. The Labute approximate surface area is 101 Å². The van der Waals surface area contributed by atoms with Gasteiger partial charge in [-0.3, -0.25) is 0 Å². The van der Waals surface area contributed by atoms with E-state index in [4.69, 9.17) is 0 Å². The van der Waals surface area contributed by atoms with E-state index in [0.29, 0.717) is 5.65 Å². The summed E-state index contributed by atoms with van der Waals surface area (Å²) in [6.45, 7) is 0. The lowest BCUT2D eigenvalue weighted by Gasteiger charge is -1.80. The van der Waals surface area contributed by atoms with Gasteiger partial charge >= 0.3 is 0 Å². The van der Waals surface area contributed by atoms with Crippen molar-refractivity contribution in [3.8, 4) is 0 Å². The van der Waals surface area contributed by atoms with Crippen LogP contribution in [0.2, 0.25) is 0 Å². The molecule has 7 nitrogen and oxygen atoms in total. The van der Waals surface area contributed by atoms with Crippen LogP contribution in [0.4, 0.5) is 0 Å². The molecule has 0 bridgehead atoms. The lowest BCUT2D eigenvalue weighted by Crippen LogP contribution is -1.76. The molecule has 88 valence electrons. The first-order valence-electron chi connectivity index (χ1n) is 5.26. The van der Waals surface area contributed by atoms with Gasteiger partial charge < -0.3 is 9.97 Å². The largest absolute Gasteiger partial charge is 0.343 e. The quantitative estimate of drug-likeness (QED) is 0.482. The minimum Gasteiger partial charge on any atom is -0.343 e. The van der Waals surface area contributed by atoms with Gasteiger partial charge in [-0.25, -0.2) is 24.9 Å². The van der Waals surface area contributed by atoms with Crippen LogP contribution in [-0.2, 0) is 0 Å². The van der Waals surface area contributed by atoms with Crippen LogP contribution < -0.4 is 0 Å². The highest BCUT2D eigenvalue weighted by molar-refractivity contribution is 5.68. The van der Waals surface area contributed by atoms with E-state index < -0.39 is 0 Å². The highest BCUT2D eigenvalue weighted by atomic mass is 15.0. The number of aromatic amines is 2. The zero-order valence-electron chi connectivity index (χ0n) is 9.28. The predicted octanol–water partition coefficient (Wildman–Crippen LogP) is 1.31. The van der Waals surface area contributed by atoms with Crippen molar-refractivity contribution in [2.45, 2.75) is 0 Å². The molecule has 0 atom stereocenters. The molecule has 0 amide bonds. The fourth-order valence-corrected chi connectivity index (χ4v) is 1.47. The van der Waals surface area contributed by atoms with Crippen molar-refractivity contribution in [3.05, 3.63) is 43.5 Å². The monoisotopic (exact) mass is 239 g/mol. The summed E-state index contributed by atoms with van der Waals surface area (Å²) < 4.78 is 0. The molecule has 0 unspecified atom stereocenters. The van der Waals surface area contributed by atoms with Crippen LogP contribution in [0, 0.1) is 0 Å². The van der Waals surface area contributed by atoms with E-state index in [0.717, 1.165) is 16.7 Å². The van der Waals surface area contributed by atoms with Gasteiger partial charge in [0.15, 0.2) is 11.3 Å². The van der Waals surface area contributed by atoms with Gasteiger partial charge in [0.2, 0.25) is 0 Å². The molecule has 0 saturated carbocycles. The molecular weight excluding hydrogens is 230 g/mol. The van der Waals surface area contributed by atoms with Crippen molar-refractivity contribution in [2.24, 2.45) is 0 Å². The minimum absolute atomic E-state index is 0.713. The molecule has 0 aliphatic rings. The highest BCUT2D eigenvalue weighted by Crippen LogP contribution is 2.01. The second kappa shape index (κ2) is 4.58. The summed E-state index contributed by atoms with van der Waals surface area (Å²) in [6.07, 6.45) is 8.12. The molecule has 4 aromatic rings. The first kappa shape index (κ1) is 10.3. The third kappa shape index (κ3) is 2.01. The number of hydrogen-bond acceptors (Lipinski definition) is 5. The number of pyridine rings is 1. The van der Waals surface area contributed by atoms with E-state index in [2.05, 4.69) is 34.9 Å². The van der Waals surface area contributed by atoms with E-state index in [1.54, 1.807) is 25.0 Å². The lowest BCUT2D eigenvalue weighted by molar-refractivity contribution is 1.20. The summed E-state index contributed by atoms with van der Waals surface area (Å²) in [5, 5.41) is 0. The number of H-pyrrole nitrogens is 2. The zero-order valence-corrected chi connectivity index (χ0v) is 9.28. The van der Waals surface area contributed by atoms with Crippen molar-refractivity contribution in [3.63, 3.8) is 0 Å². The Morgan fingerprint density at radius 1 is 0.833 bits per heavy atom. The van der Waals surface area contributed by atoms with Crippen molar-refractivity contribution in [2.75, 3.05) is 0 Å². The maximum atomic E-state index is 4.00. The first-order chi connectivity index (χ1) is 8.93.